The van der Waals surface area contributed by atoms with Crippen molar-refractivity contribution < 1.29 is 0 Å². The van der Waals surface area contributed by atoms with Crippen molar-refractivity contribution >= 4 is 10.9 Å². The van der Waals surface area contributed by atoms with E-state index in [0.29, 0.717) is 12.0 Å². The van der Waals surface area contributed by atoms with E-state index >= 15 is 0 Å². The molecule has 21 heavy (non-hydrogen) atoms. The van der Waals surface area contributed by atoms with Crippen LogP contribution in [-0.2, 0) is 0 Å². The molecular formula is C19H26N2. The minimum Gasteiger partial charge on any atom is -0.361 e. The van der Waals surface area contributed by atoms with E-state index < -0.39 is 0 Å². The van der Waals surface area contributed by atoms with Gasteiger partial charge in [-0.3, -0.25) is 0 Å². The minimum absolute atomic E-state index is 0.627. The zero-order valence-electron chi connectivity index (χ0n) is 13.3. The molecule has 4 atom stereocenters. The normalized spacial score (nSPS) is 31.9. The first-order valence-corrected chi connectivity index (χ1v) is 8.44. The molecule has 2 nitrogen and oxygen atoms in total. The average Bonchev–Trinajstić information content (AvgIpc) is 3.19. The Bertz CT molecular complexity index is 642. The van der Waals surface area contributed by atoms with Gasteiger partial charge in [0, 0.05) is 35.1 Å². The van der Waals surface area contributed by atoms with Crippen LogP contribution in [0.15, 0.2) is 30.5 Å². The Morgan fingerprint density at radius 3 is 2.71 bits per heavy atom. The highest BCUT2D eigenvalue weighted by atomic mass is 15.2. The first kappa shape index (κ1) is 13.4. The summed E-state index contributed by atoms with van der Waals surface area (Å²) in [5, 5.41) is 1.44. The summed E-state index contributed by atoms with van der Waals surface area (Å²) in [6.45, 7) is 4.66. The van der Waals surface area contributed by atoms with Crippen molar-refractivity contribution in [3.63, 3.8) is 0 Å². The lowest BCUT2D eigenvalue weighted by atomic mass is 9.78. The zero-order valence-corrected chi connectivity index (χ0v) is 13.3. The van der Waals surface area contributed by atoms with Crippen LogP contribution in [0.5, 0.6) is 0 Å². The smallest absolute Gasteiger partial charge is 0.0456 e. The lowest BCUT2D eigenvalue weighted by molar-refractivity contribution is 0.123. The maximum absolute atomic E-state index is 3.49. The predicted molar refractivity (Wildman–Crippen MR) is 88.6 cm³/mol. The number of hydrogen-bond acceptors (Lipinski definition) is 1. The Hall–Kier alpha value is -1.28. The molecule has 1 aromatic carbocycles. The minimum atomic E-state index is 0.627. The Labute approximate surface area is 127 Å². The van der Waals surface area contributed by atoms with Crippen LogP contribution in [0.3, 0.4) is 0 Å². The number of nitrogens with zero attached hydrogens (tertiary/aromatic N) is 1. The number of likely N-dealkylation sites (N-methyl/N-ethyl adjacent to an activating group) is 1. The van der Waals surface area contributed by atoms with Crippen LogP contribution in [-0.4, -0.2) is 29.0 Å². The van der Waals surface area contributed by atoms with Crippen molar-refractivity contribution in [3.05, 3.63) is 36.0 Å². The fraction of sp³-hybridized carbons (Fsp3) is 0.579. The highest BCUT2D eigenvalue weighted by Crippen LogP contribution is 2.55. The van der Waals surface area contributed by atoms with Crippen molar-refractivity contribution in [1.29, 1.82) is 0 Å². The van der Waals surface area contributed by atoms with Crippen LogP contribution in [0.1, 0.15) is 44.6 Å². The molecule has 2 heteroatoms. The first-order chi connectivity index (χ1) is 10.2. The van der Waals surface area contributed by atoms with Gasteiger partial charge in [0.05, 0.1) is 0 Å². The van der Waals surface area contributed by atoms with E-state index in [1.54, 1.807) is 5.56 Å². The zero-order chi connectivity index (χ0) is 14.6. The second kappa shape index (κ2) is 4.88. The number of hydrogen-bond donors (Lipinski definition) is 1. The summed E-state index contributed by atoms with van der Waals surface area (Å²) in [6, 6.07) is 10.1. The molecule has 2 aliphatic carbocycles. The summed E-state index contributed by atoms with van der Waals surface area (Å²) in [4.78, 5) is 6.13. The maximum Gasteiger partial charge on any atom is 0.0456 e. The molecule has 0 spiro atoms. The van der Waals surface area contributed by atoms with Gasteiger partial charge >= 0.3 is 0 Å². The van der Waals surface area contributed by atoms with Crippen LogP contribution in [0, 0.1) is 11.8 Å². The lowest BCUT2D eigenvalue weighted by Crippen LogP contribution is -2.44. The molecule has 4 rings (SSSR count). The Morgan fingerprint density at radius 2 is 1.90 bits per heavy atom. The summed E-state index contributed by atoms with van der Waals surface area (Å²) in [7, 11) is 2.33. The van der Waals surface area contributed by atoms with Crippen molar-refractivity contribution in [2.45, 2.75) is 51.1 Å². The van der Waals surface area contributed by atoms with Crippen molar-refractivity contribution in [2.24, 2.45) is 11.8 Å². The van der Waals surface area contributed by atoms with E-state index in [1.165, 1.54) is 30.2 Å². The van der Waals surface area contributed by atoms with Crippen LogP contribution in [0.2, 0.25) is 0 Å². The monoisotopic (exact) mass is 282 g/mol. The van der Waals surface area contributed by atoms with E-state index in [4.69, 9.17) is 0 Å². The third-order valence-corrected chi connectivity index (χ3v) is 6.14. The second-order valence-corrected chi connectivity index (χ2v) is 7.40. The molecule has 0 unspecified atom stereocenters. The third-order valence-electron chi connectivity index (χ3n) is 6.14. The highest BCUT2D eigenvalue weighted by Gasteiger charge is 2.50. The first-order valence-electron chi connectivity index (χ1n) is 8.44. The molecule has 112 valence electrons. The van der Waals surface area contributed by atoms with Crippen LogP contribution in [0.25, 0.3) is 10.9 Å². The van der Waals surface area contributed by atoms with Gasteiger partial charge in [-0.2, -0.15) is 0 Å². The number of para-hydroxylation sites is 1. The van der Waals surface area contributed by atoms with Gasteiger partial charge in [-0.05, 0) is 63.6 Å². The number of H-pyrrole nitrogens is 1. The number of nitrogens with one attached hydrogen (secondary N) is 1. The molecule has 2 saturated carbocycles. The van der Waals surface area contributed by atoms with Gasteiger partial charge in [0.25, 0.3) is 0 Å². The summed E-state index contributed by atoms with van der Waals surface area (Å²) in [5.41, 5.74) is 2.86. The maximum atomic E-state index is 3.49. The third kappa shape index (κ3) is 1.96. The molecule has 0 saturated heterocycles. The standard InChI is InChI=1S/C19H26N2/c1-12(2)21(3)19-14-9-8-13(10-14)18(19)16-11-20-17-7-5-4-6-15(16)17/h4-7,11-14,18-20H,8-10H2,1-3H3/t13-,14+,18+,19-/m0/s1. The summed E-state index contributed by atoms with van der Waals surface area (Å²) >= 11 is 0. The molecule has 2 aromatic rings. The molecule has 2 bridgehead atoms. The molecule has 2 aliphatic rings. The number of benzene rings is 1. The molecule has 1 heterocycles. The van der Waals surface area contributed by atoms with E-state index in [2.05, 4.69) is 61.2 Å². The van der Waals surface area contributed by atoms with Gasteiger partial charge in [0.15, 0.2) is 0 Å². The quantitative estimate of drug-likeness (QED) is 0.884. The fourth-order valence-electron chi connectivity index (χ4n) is 5.00. The number of rotatable bonds is 3. The predicted octanol–water partition coefficient (Wildman–Crippen LogP) is 4.39. The average molecular weight is 282 g/mol. The summed E-state index contributed by atoms with van der Waals surface area (Å²) in [6.07, 6.45) is 6.59. The van der Waals surface area contributed by atoms with Gasteiger partial charge in [0.1, 0.15) is 0 Å². The van der Waals surface area contributed by atoms with E-state index in [1.807, 2.05) is 0 Å². The summed E-state index contributed by atoms with van der Waals surface area (Å²) in [5.74, 6) is 2.51. The van der Waals surface area contributed by atoms with Crippen LogP contribution in [0.4, 0.5) is 0 Å². The van der Waals surface area contributed by atoms with Crippen molar-refractivity contribution in [3.8, 4) is 0 Å². The number of fused-ring (bicyclic) bond motifs is 3. The van der Waals surface area contributed by atoms with Gasteiger partial charge < -0.3 is 9.88 Å². The summed E-state index contributed by atoms with van der Waals surface area (Å²) < 4.78 is 0. The SMILES string of the molecule is CC(C)N(C)[C@H]1[C@@H]2CC[C@@H](C2)[C@@H]1c1c[nH]c2ccccc12. The number of aromatic nitrogens is 1. The Morgan fingerprint density at radius 1 is 1.14 bits per heavy atom. The number of aromatic amines is 1. The van der Waals surface area contributed by atoms with Gasteiger partial charge in [-0.15, -0.1) is 0 Å². The molecular weight excluding hydrogens is 256 g/mol. The molecule has 2 fully saturated rings. The lowest BCUT2D eigenvalue weighted by Gasteiger charge is -2.40. The topological polar surface area (TPSA) is 19.0 Å². The molecule has 1 N–H and O–H groups in total. The van der Waals surface area contributed by atoms with Crippen molar-refractivity contribution in [2.75, 3.05) is 7.05 Å². The van der Waals surface area contributed by atoms with Crippen LogP contribution >= 0.6 is 0 Å². The second-order valence-electron chi connectivity index (χ2n) is 7.40. The van der Waals surface area contributed by atoms with Gasteiger partial charge in [-0.25, -0.2) is 0 Å². The van der Waals surface area contributed by atoms with Crippen LogP contribution < -0.4 is 0 Å². The van der Waals surface area contributed by atoms with E-state index in [9.17, 15) is 0 Å². The molecule has 1 aromatic heterocycles. The van der Waals surface area contributed by atoms with Gasteiger partial charge in [0.2, 0.25) is 0 Å². The Kier molecular flexibility index (Phi) is 3.11. The van der Waals surface area contributed by atoms with Crippen molar-refractivity contribution in [1.82, 2.24) is 9.88 Å². The van der Waals surface area contributed by atoms with E-state index in [0.717, 1.165) is 17.9 Å². The molecule has 0 aliphatic heterocycles. The fourth-order valence-corrected chi connectivity index (χ4v) is 5.00. The molecule has 0 amide bonds. The van der Waals surface area contributed by atoms with E-state index in [-0.39, 0.29) is 0 Å². The Balaban J connectivity index is 1.78. The van der Waals surface area contributed by atoms with Gasteiger partial charge in [-0.1, -0.05) is 18.2 Å². The highest BCUT2D eigenvalue weighted by molar-refractivity contribution is 5.83. The largest absolute Gasteiger partial charge is 0.361 e. The molecule has 0 radical (unpaired) electrons.